The van der Waals surface area contributed by atoms with Crippen LogP contribution in [-0.2, 0) is 4.74 Å². The maximum atomic E-state index is 12.4. The molecule has 6 nitrogen and oxygen atoms in total. The van der Waals surface area contributed by atoms with Crippen LogP contribution in [0.4, 0.5) is 4.79 Å². The molecule has 0 aliphatic heterocycles. The molecule has 218 valence electrons. The summed E-state index contributed by atoms with van der Waals surface area (Å²) in [5, 5.41) is 35.1. The number of nitrogens with one attached hydrogen (secondary N) is 1. The van der Waals surface area contributed by atoms with Crippen LogP contribution < -0.4 is 5.32 Å². The van der Waals surface area contributed by atoms with Gasteiger partial charge in [-0.2, -0.15) is 0 Å². The summed E-state index contributed by atoms with van der Waals surface area (Å²) in [6, 6.07) is 0.121. The topological polar surface area (TPSA) is 99.0 Å². The number of rotatable bonds is 6. The molecule has 11 atom stereocenters. The molecule has 38 heavy (non-hydrogen) atoms. The van der Waals surface area contributed by atoms with Crippen molar-refractivity contribution in [1.29, 1.82) is 0 Å². The molecule has 1 amide bonds. The lowest BCUT2D eigenvalue weighted by molar-refractivity contribution is -0.203. The van der Waals surface area contributed by atoms with Gasteiger partial charge in [0.1, 0.15) is 0 Å². The summed E-state index contributed by atoms with van der Waals surface area (Å²) in [4.78, 5) is 12.4. The summed E-state index contributed by atoms with van der Waals surface area (Å²) in [5.74, 6) is 3.33. The zero-order valence-corrected chi connectivity index (χ0v) is 24.4. The third-order valence-corrected chi connectivity index (χ3v) is 13.0. The number of hydrogen-bond acceptors (Lipinski definition) is 5. The molecule has 5 aliphatic carbocycles. The van der Waals surface area contributed by atoms with Crippen molar-refractivity contribution in [2.75, 3.05) is 6.61 Å². The first-order valence-corrected chi connectivity index (χ1v) is 16.1. The first-order valence-electron chi connectivity index (χ1n) is 16.1. The van der Waals surface area contributed by atoms with Crippen molar-refractivity contribution in [2.45, 2.75) is 136 Å². The number of alkyl carbamates (subject to hydrolysis) is 1. The average Bonchev–Trinajstić information content (AvgIpc) is 3.24. The van der Waals surface area contributed by atoms with E-state index in [-0.39, 0.29) is 41.3 Å². The van der Waals surface area contributed by atoms with Crippen LogP contribution in [-0.4, -0.2) is 52.4 Å². The Balaban J connectivity index is 1.20. The van der Waals surface area contributed by atoms with E-state index in [9.17, 15) is 20.1 Å². The molecule has 6 heteroatoms. The van der Waals surface area contributed by atoms with Crippen LogP contribution in [0.2, 0.25) is 0 Å². The number of carbonyl (C=O) groups excluding carboxylic acids is 1. The Morgan fingerprint density at radius 3 is 2.29 bits per heavy atom. The highest BCUT2D eigenvalue weighted by atomic mass is 16.5. The Morgan fingerprint density at radius 1 is 0.895 bits per heavy atom. The van der Waals surface area contributed by atoms with Gasteiger partial charge in [-0.1, -0.05) is 34.1 Å². The Kier molecular flexibility index (Phi) is 8.45. The molecule has 5 fully saturated rings. The molecule has 0 radical (unpaired) electrons. The van der Waals surface area contributed by atoms with Crippen molar-refractivity contribution in [1.82, 2.24) is 5.32 Å². The van der Waals surface area contributed by atoms with Crippen molar-refractivity contribution in [3.63, 3.8) is 0 Å². The molecule has 5 saturated carbocycles. The highest BCUT2D eigenvalue weighted by Gasteiger charge is 2.64. The van der Waals surface area contributed by atoms with Gasteiger partial charge >= 0.3 is 6.09 Å². The van der Waals surface area contributed by atoms with E-state index in [0.717, 1.165) is 57.8 Å². The third-order valence-electron chi connectivity index (χ3n) is 13.0. The maximum absolute atomic E-state index is 12.4. The van der Waals surface area contributed by atoms with Crippen LogP contribution in [0.5, 0.6) is 0 Å². The van der Waals surface area contributed by atoms with Gasteiger partial charge in [-0.05, 0) is 129 Å². The molecule has 2 unspecified atom stereocenters. The molecular formula is C32H55NO5. The van der Waals surface area contributed by atoms with E-state index in [2.05, 4.69) is 33.0 Å². The summed E-state index contributed by atoms with van der Waals surface area (Å²) < 4.78 is 5.61. The van der Waals surface area contributed by atoms with Crippen LogP contribution in [0.15, 0.2) is 0 Å². The number of ether oxygens (including phenoxy) is 1. The summed E-state index contributed by atoms with van der Waals surface area (Å²) in [6.45, 7) is 10.1. The van der Waals surface area contributed by atoms with E-state index in [0.29, 0.717) is 48.0 Å². The fourth-order valence-electron chi connectivity index (χ4n) is 10.9. The number of aliphatic hydroxyl groups is 3. The van der Waals surface area contributed by atoms with E-state index in [1.54, 1.807) is 0 Å². The molecule has 5 rings (SSSR count). The Bertz CT molecular complexity index is 829. The van der Waals surface area contributed by atoms with Crippen LogP contribution in [0.1, 0.15) is 111 Å². The van der Waals surface area contributed by atoms with Gasteiger partial charge in [0.2, 0.25) is 0 Å². The van der Waals surface area contributed by atoms with Gasteiger partial charge in [0.25, 0.3) is 0 Å². The molecule has 5 aliphatic rings. The van der Waals surface area contributed by atoms with E-state index < -0.39 is 0 Å². The van der Waals surface area contributed by atoms with E-state index in [1.165, 1.54) is 25.7 Å². The number of carbonyl (C=O) groups is 1. The SMILES string of the molecule is CC[C@H]1[C@@H](O)C2[C@@H]3CC[C@H]([C@H](C)CCOC(=O)NC4CCC(O)CC4)C3(C)CC[C@@H]2[C@@]2(C)CC[C@@H](O)C[C@@H]12. The van der Waals surface area contributed by atoms with E-state index in [1.807, 2.05) is 0 Å². The average molecular weight is 534 g/mol. The quantitative estimate of drug-likeness (QED) is 0.353. The lowest BCUT2D eigenvalue weighted by atomic mass is 9.41. The molecule has 4 N–H and O–H groups in total. The number of fused-ring (bicyclic) bond motifs is 5. The van der Waals surface area contributed by atoms with Gasteiger partial charge in [-0.3, -0.25) is 0 Å². The lowest BCUT2D eigenvalue weighted by Gasteiger charge is -2.64. The number of aliphatic hydroxyl groups excluding tert-OH is 3. The second-order valence-corrected chi connectivity index (χ2v) is 14.7. The van der Waals surface area contributed by atoms with E-state index in [4.69, 9.17) is 4.74 Å². The Morgan fingerprint density at radius 2 is 1.58 bits per heavy atom. The molecule has 0 heterocycles. The minimum Gasteiger partial charge on any atom is -0.450 e. The second kappa shape index (κ2) is 11.2. The van der Waals surface area contributed by atoms with Crippen molar-refractivity contribution in [2.24, 2.45) is 52.3 Å². The molecule has 0 aromatic rings. The zero-order chi connectivity index (χ0) is 27.2. The summed E-state index contributed by atoms with van der Waals surface area (Å²) in [5.41, 5.74) is 0.481. The van der Waals surface area contributed by atoms with Gasteiger partial charge in [0.05, 0.1) is 24.9 Å². The summed E-state index contributed by atoms with van der Waals surface area (Å²) >= 11 is 0. The van der Waals surface area contributed by atoms with Gasteiger partial charge in [0, 0.05) is 6.04 Å². The van der Waals surface area contributed by atoms with Crippen LogP contribution in [0.25, 0.3) is 0 Å². The van der Waals surface area contributed by atoms with Gasteiger partial charge in [-0.15, -0.1) is 0 Å². The summed E-state index contributed by atoms with van der Waals surface area (Å²) in [7, 11) is 0. The molecule has 0 spiro atoms. The lowest BCUT2D eigenvalue weighted by Crippen LogP contribution is -2.62. The highest BCUT2D eigenvalue weighted by Crippen LogP contribution is 2.69. The predicted octanol–water partition coefficient (Wildman–Crippen LogP) is 5.67. The first kappa shape index (κ1) is 28.7. The minimum absolute atomic E-state index is 0.121. The molecule has 0 aromatic carbocycles. The minimum atomic E-state index is -0.314. The fourth-order valence-corrected chi connectivity index (χ4v) is 10.9. The van der Waals surface area contributed by atoms with E-state index >= 15 is 0 Å². The zero-order valence-electron chi connectivity index (χ0n) is 24.4. The van der Waals surface area contributed by atoms with Crippen LogP contribution >= 0.6 is 0 Å². The largest absolute Gasteiger partial charge is 0.450 e. The highest BCUT2D eigenvalue weighted by molar-refractivity contribution is 5.67. The maximum Gasteiger partial charge on any atom is 0.407 e. The number of amides is 1. The van der Waals surface area contributed by atoms with Crippen LogP contribution in [0, 0.1) is 52.3 Å². The standard InChI is InChI=1S/C32H55NO5/c1-5-23-27-18-22(35)12-15-32(27,4)26-13-16-31(3)24(10-11-25(31)28(26)29(23)36)19(2)14-17-38-30(37)33-20-6-8-21(34)9-7-20/h19-29,34-36H,5-18H2,1-4H3,(H,33,37)/t19-,20?,21?,22-,23-,24-,25+,26+,27+,28?,29-,31?,32-/m1/s1. The first-order chi connectivity index (χ1) is 18.1. The number of hydrogen-bond donors (Lipinski definition) is 4. The summed E-state index contributed by atoms with van der Waals surface area (Å²) in [6.07, 6.45) is 11.8. The third kappa shape index (κ3) is 5.04. The fraction of sp³-hybridized carbons (Fsp3) is 0.969. The molecular weight excluding hydrogens is 478 g/mol. The Labute approximate surface area is 230 Å². The molecule has 0 aromatic heterocycles. The molecule has 0 bridgehead atoms. The van der Waals surface area contributed by atoms with Crippen molar-refractivity contribution < 1.29 is 24.9 Å². The van der Waals surface area contributed by atoms with Gasteiger partial charge in [-0.25, -0.2) is 4.79 Å². The van der Waals surface area contributed by atoms with Gasteiger partial charge < -0.3 is 25.4 Å². The predicted molar refractivity (Wildman–Crippen MR) is 148 cm³/mol. The second-order valence-electron chi connectivity index (χ2n) is 14.7. The van der Waals surface area contributed by atoms with Crippen molar-refractivity contribution in [3.05, 3.63) is 0 Å². The normalized spacial score (nSPS) is 49.3. The van der Waals surface area contributed by atoms with Crippen molar-refractivity contribution >= 4 is 6.09 Å². The van der Waals surface area contributed by atoms with Crippen molar-refractivity contribution in [3.8, 4) is 0 Å². The monoisotopic (exact) mass is 533 g/mol. The smallest absolute Gasteiger partial charge is 0.407 e. The van der Waals surface area contributed by atoms with Gasteiger partial charge in [0.15, 0.2) is 0 Å². The Hall–Kier alpha value is -0.850. The molecule has 0 saturated heterocycles. The van der Waals surface area contributed by atoms with Crippen LogP contribution in [0.3, 0.4) is 0 Å².